The number of hydrogen-bond acceptors (Lipinski definition) is 5. The topological polar surface area (TPSA) is 67.6 Å². The molecule has 2 aromatic rings. The van der Waals surface area contributed by atoms with Crippen molar-refractivity contribution in [2.24, 2.45) is 0 Å². The summed E-state index contributed by atoms with van der Waals surface area (Å²) in [5.41, 5.74) is 0.895. The summed E-state index contributed by atoms with van der Waals surface area (Å²) in [5.74, 6) is -0.0107. The van der Waals surface area contributed by atoms with Gasteiger partial charge in [-0.25, -0.2) is 8.42 Å². The molecule has 6 heteroatoms. The molecule has 100 valence electrons. The van der Waals surface area contributed by atoms with Gasteiger partial charge >= 0.3 is 0 Å². The maximum Gasteiger partial charge on any atom is 0.239 e. The Bertz CT molecular complexity index is 684. The minimum absolute atomic E-state index is 0.0107. The molecule has 0 bridgehead atoms. The summed E-state index contributed by atoms with van der Waals surface area (Å²) in [6, 6.07) is 9.03. The van der Waals surface area contributed by atoms with E-state index in [9.17, 15) is 13.2 Å². The number of nitrogens with zero attached hydrogens (tertiary/aromatic N) is 1. The quantitative estimate of drug-likeness (QED) is 0.801. The monoisotopic (exact) mass is 279 g/mol. The van der Waals surface area contributed by atoms with Crippen LogP contribution in [0.5, 0.6) is 0 Å². The van der Waals surface area contributed by atoms with Gasteiger partial charge in [0.05, 0.1) is 4.90 Å². The minimum Gasteiger partial charge on any atom is -0.442 e. The summed E-state index contributed by atoms with van der Waals surface area (Å²) in [6.07, 6.45) is 0.466. The van der Waals surface area contributed by atoms with Crippen LogP contribution >= 0.6 is 0 Å². The Morgan fingerprint density at radius 1 is 1.05 bits per heavy atom. The van der Waals surface area contributed by atoms with Crippen LogP contribution in [-0.2, 0) is 9.84 Å². The van der Waals surface area contributed by atoms with Gasteiger partial charge in [0.1, 0.15) is 0 Å². The van der Waals surface area contributed by atoms with E-state index in [2.05, 4.69) is 0 Å². The van der Waals surface area contributed by atoms with Crippen LogP contribution in [0.15, 0.2) is 50.8 Å². The molecule has 0 aliphatic heterocycles. The van der Waals surface area contributed by atoms with E-state index in [1.54, 1.807) is 12.1 Å². The third-order valence-electron chi connectivity index (χ3n) is 2.65. The summed E-state index contributed by atoms with van der Waals surface area (Å²) >= 11 is 0. The number of aldehydes is 1. The van der Waals surface area contributed by atoms with Gasteiger partial charge in [0.15, 0.2) is 12.0 Å². The number of carbonyl (C=O) groups is 1. The first kappa shape index (κ1) is 13.4. The molecule has 0 fully saturated rings. The van der Waals surface area contributed by atoms with Crippen molar-refractivity contribution in [1.29, 1.82) is 0 Å². The van der Waals surface area contributed by atoms with Crippen LogP contribution in [0, 0.1) is 0 Å². The Labute approximate surface area is 111 Å². The van der Waals surface area contributed by atoms with E-state index >= 15 is 0 Å². The number of carbonyl (C=O) groups excluding carboxylic acids is 1. The van der Waals surface area contributed by atoms with Crippen LogP contribution in [0.1, 0.15) is 10.6 Å². The van der Waals surface area contributed by atoms with E-state index in [0.29, 0.717) is 6.29 Å². The number of furan rings is 1. The van der Waals surface area contributed by atoms with Crippen molar-refractivity contribution in [3.05, 3.63) is 42.2 Å². The number of hydrogen-bond donors (Lipinski definition) is 0. The fraction of sp³-hybridized carbons (Fsp3) is 0.154. The molecule has 1 aromatic carbocycles. The molecule has 19 heavy (non-hydrogen) atoms. The number of benzene rings is 1. The first-order valence-electron chi connectivity index (χ1n) is 5.52. The van der Waals surface area contributed by atoms with Crippen molar-refractivity contribution in [2.45, 2.75) is 9.99 Å². The standard InChI is InChI=1S/C13H13NO4S/c1-14(2)10-3-6-12(7-4-10)19(16,17)13-8-5-11(9-15)18-13/h3-9H,1-2H3. The first-order chi connectivity index (χ1) is 8.95. The van der Waals surface area contributed by atoms with Crippen LogP contribution < -0.4 is 4.90 Å². The number of sulfone groups is 1. The van der Waals surface area contributed by atoms with Crippen LogP contribution in [0.3, 0.4) is 0 Å². The summed E-state index contributed by atoms with van der Waals surface area (Å²) in [6.45, 7) is 0. The van der Waals surface area contributed by atoms with E-state index < -0.39 is 9.84 Å². The second-order valence-electron chi connectivity index (χ2n) is 4.17. The number of anilines is 1. The predicted octanol–water partition coefficient (Wildman–Crippen LogP) is 1.99. The second-order valence-corrected chi connectivity index (χ2v) is 6.05. The van der Waals surface area contributed by atoms with Gasteiger partial charge in [-0.15, -0.1) is 0 Å². The predicted molar refractivity (Wildman–Crippen MR) is 70.3 cm³/mol. The maximum atomic E-state index is 12.2. The van der Waals surface area contributed by atoms with Crippen molar-refractivity contribution < 1.29 is 17.6 Å². The van der Waals surface area contributed by atoms with Crippen LogP contribution in [0.4, 0.5) is 5.69 Å². The Kier molecular flexibility index (Phi) is 3.44. The minimum atomic E-state index is -3.71. The zero-order valence-corrected chi connectivity index (χ0v) is 11.3. The lowest BCUT2D eigenvalue weighted by Crippen LogP contribution is -2.09. The summed E-state index contributed by atoms with van der Waals surface area (Å²) in [5, 5.41) is -0.229. The highest BCUT2D eigenvalue weighted by Gasteiger charge is 2.21. The smallest absolute Gasteiger partial charge is 0.239 e. The maximum absolute atomic E-state index is 12.2. The molecule has 0 spiro atoms. The molecule has 0 aliphatic carbocycles. The van der Waals surface area contributed by atoms with Gasteiger partial charge in [0.2, 0.25) is 14.9 Å². The van der Waals surface area contributed by atoms with Crippen LogP contribution in [0.25, 0.3) is 0 Å². The highest BCUT2D eigenvalue weighted by atomic mass is 32.2. The Balaban J connectivity index is 2.41. The van der Waals surface area contributed by atoms with E-state index in [-0.39, 0.29) is 15.7 Å². The summed E-state index contributed by atoms with van der Waals surface area (Å²) in [7, 11) is 0.0201. The van der Waals surface area contributed by atoms with Gasteiger partial charge in [-0.2, -0.15) is 0 Å². The normalized spacial score (nSPS) is 11.3. The van der Waals surface area contributed by atoms with E-state index in [0.717, 1.165) is 5.69 Å². The average molecular weight is 279 g/mol. The SMILES string of the molecule is CN(C)c1ccc(S(=O)(=O)c2ccc(C=O)o2)cc1. The molecule has 0 aliphatic rings. The highest BCUT2D eigenvalue weighted by Crippen LogP contribution is 2.24. The van der Waals surface area contributed by atoms with Crippen molar-refractivity contribution in [3.63, 3.8) is 0 Å². The molecule has 1 aromatic heterocycles. The molecule has 0 amide bonds. The summed E-state index contributed by atoms with van der Waals surface area (Å²) < 4.78 is 29.4. The first-order valence-corrected chi connectivity index (χ1v) is 7.01. The molecule has 0 radical (unpaired) electrons. The van der Waals surface area contributed by atoms with E-state index in [1.165, 1.54) is 24.3 Å². The molecule has 0 unspecified atom stereocenters. The van der Waals surface area contributed by atoms with Gasteiger partial charge in [0, 0.05) is 19.8 Å². The third kappa shape index (κ3) is 2.53. The van der Waals surface area contributed by atoms with Gasteiger partial charge in [-0.3, -0.25) is 4.79 Å². The van der Waals surface area contributed by atoms with Crippen molar-refractivity contribution in [1.82, 2.24) is 0 Å². The highest BCUT2D eigenvalue weighted by molar-refractivity contribution is 7.91. The Morgan fingerprint density at radius 3 is 2.16 bits per heavy atom. The van der Waals surface area contributed by atoms with Gasteiger partial charge < -0.3 is 9.32 Å². The average Bonchev–Trinajstić information content (AvgIpc) is 2.88. The molecular weight excluding hydrogens is 266 g/mol. The Morgan fingerprint density at radius 2 is 1.68 bits per heavy atom. The van der Waals surface area contributed by atoms with Gasteiger partial charge in [0.25, 0.3) is 0 Å². The molecule has 1 heterocycles. The molecule has 0 saturated heterocycles. The van der Waals surface area contributed by atoms with Gasteiger partial charge in [-0.05, 0) is 36.4 Å². The fourth-order valence-corrected chi connectivity index (χ4v) is 2.76. The van der Waals surface area contributed by atoms with E-state index in [4.69, 9.17) is 4.42 Å². The van der Waals surface area contributed by atoms with Crippen molar-refractivity contribution >= 4 is 21.8 Å². The molecule has 0 atom stereocenters. The van der Waals surface area contributed by atoms with Crippen molar-refractivity contribution in [3.8, 4) is 0 Å². The molecule has 2 rings (SSSR count). The zero-order chi connectivity index (χ0) is 14.0. The molecule has 5 nitrogen and oxygen atoms in total. The van der Waals surface area contributed by atoms with E-state index in [1.807, 2.05) is 19.0 Å². The molecule has 0 N–H and O–H groups in total. The largest absolute Gasteiger partial charge is 0.442 e. The lowest BCUT2D eigenvalue weighted by atomic mass is 10.3. The lowest BCUT2D eigenvalue weighted by molar-refractivity contribution is 0.109. The van der Waals surface area contributed by atoms with Crippen LogP contribution in [0.2, 0.25) is 0 Å². The zero-order valence-electron chi connectivity index (χ0n) is 10.5. The number of rotatable bonds is 4. The molecule has 0 saturated carbocycles. The molecular formula is C13H13NO4S. The lowest BCUT2D eigenvalue weighted by Gasteiger charge is -2.12. The third-order valence-corrected chi connectivity index (χ3v) is 4.29. The van der Waals surface area contributed by atoms with Gasteiger partial charge in [-0.1, -0.05) is 0 Å². The Hall–Kier alpha value is -2.08. The summed E-state index contributed by atoms with van der Waals surface area (Å²) in [4.78, 5) is 12.5. The van der Waals surface area contributed by atoms with Crippen molar-refractivity contribution in [2.75, 3.05) is 19.0 Å². The fourth-order valence-electron chi connectivity index (χ4n) is 1.58. The van der Waals surface area contributed by atoms with Crippen LogP contribution in [-0.4, -0.2) is 28.8 Å². The second kappa shape index (κ2) is 4.89.